The van der Waals surface area contributed by atoms with E-state index in [0.29, 0.717) is 17.7 Å². The number of carbonyl (C=O) groups is 2. The van der Waals surface area contributed by atoms with E-state index in [2.05, 4.69) is 0 Å². The van der Waals surface area contributed by atoms with Gasteiger partial charge in [-0.2, -0.15) is 0 Å². The summed E-state index contributed by atoms with van der Waals surface area (Å²) >= 11 is 5.53. The summed E-state index contributed by atoms with van der Waals surface area (Å²) < 4.78 is 5.20. The molecule has 1 aromatic carbocycles. The predicted molar refractivity (Wildman–Crippen MR) is 66.9 cm³/mol. The van der Waals surface area contributed by atoms with Crippen LogP contribution in [0.2, 0.25) is 0 Å². The lowest BCUT2D eigenvalue weighted by Gasteiger charge is -2.23. The number of amides is 1. The number of nitrogens with zero attached hydrogens (tertiary/aromatic N) is 1. The smallest absolute Gasteiger partial charge is 0.242 e. The van der Waals surface area contributed by atoms with Crippen LogP contribution in [-0.2, 0) is 9.59 Å². The Bertz CT molecular complexity index is 420. The standard InChI is InChI=1S/C12H14ClNO3/c1-9-4-3-5-10(17-2)12(9)14(6-7-15)11(16)8-13/h3-5,7H,6,8H2,1-2H3. The summed E-state index contributed by atoms with van der Waals surface area (Å²) in [5.41, 5.74) is 1.44. The van der Waals surface area contributed by atoms with Crippen molar-refractivity contribution in [1.29, 1.82) is 0 Å². The minimum atomic E-state index is -0.327. The Morgan fingerprint density at radius 3 is 2.76 bits per heavy atom. The molecule has 0 spiro atoms. The third-order valence-electron chi connectivity index (χ3n) is 2.36. The lowest BCUT2D eigenvalue weighted by molar-refractivity contribution is -0.117. The van der Waals surface area contributed by atoms with Crippen molar-refractivity contribution >= 4 is 29.5 Å². The van der Waals surface area contributed by atoms with E-state index in [1.807, 2.05) is 19.1 Å². The second-order valence-corrected chi connectivity index (χ2v) is 3.70. The van der Waals surface area contributed by atoms with Gasteiger partial charge in [-0.25, -0.2) is 0 Å². The highest BCUT2D eigenvalue weighted by atomic mass is 35.5. The summed E-state index contributed by atoms with van der Waals surface area (Å²) in [5, 5.41) is 0. The fraction of sp³-hybridized carbons (Fsp3) is 0.333. The van der Waals surface area contributed by atoms with E-state index in [4.69, 9.17) is 16.3 Å². The maximum atomic E-state index is 11.7. The summed E-state index contributed by atoms with van der Waals surface area (Å²) in [5.74, 6) is 0.0439. The fourth-order valence-electron chi connectivity index (χ4n) is 1.61. The van der Waals surface area contributed by atoms with E-state index in [9.17, 15) is 9.59 Å². The van der Waals surface area contributed by atoms with E-state index >= 15 is 0 Å². The molecule has 1 aromatic rings. The van der Waals surface area contributed by atoms with Crippen molar-refractivity contribution < 1.29 is 14.3 Å². The van der Waals surface area contributed by atoms with Gasteiger partial charge in [0.05, 0.1) is 19.3 Å². The van der Waals surface area contributed by atoms with Gasteiger partial charge >= 0.3 is 0 Å². The number of para-hydroxylation sites is 1. The minimum absolute atomic E-state index is 0.0350. The predicted octanol–water partition coefficient (Wildman–Crippen LogP) is 1.77. The van der Waals surface area contributed by atoms with E-state index in [1.165, 1.54) is 12.0 Å². The SMILES string of the molecule is COc1cccc(C)c1N(CC=O)C(=O)CCl. The van der Waals surface area contributed by atoms with Crippen LogP contribution in [-0.4, -0.2) is 31.7 Å². The maximum absolute atomic E-state index is 11.7. The number of rotatable bonds is 5. The van der Waals surface area contributed by atoms with Crippen LogP contribution in [0.15, 0.2) is 18.2 Å². The highest BCUT2D eigenvalue weighted by Crippen LogP contribution is 2.31. The summed E-state index contributed by atoms with van der Waals surface area (Å²) in [6, 6.07) is 5.40. The number of ether oxygens (including phenoxy) is 1. The number of hydrogen-bond acceptors (Lipinski definition) is 3. The quantitative estimate of drug-likeness (QED) is 0.595. The van der Waals surface area contributed by atoms with E-state index in [-0.39, 0.29) is 18.3 Å². The van der Waals surface area contributed by atoms with Crippen LogP contribution in [0.25, 0.3) is 0 Å². The number of methoxy groups -OCH3 is 1. The van der Waals surface area contributed by atoms with Crippen molar-refractivity contribution in [1.82, 2.24) is 0 Å². The zero-order valence-corrected chi connectivity index (χ0v) is 10.5. The fourth-order valence-corrected chi connectivity index (χ4v) is 1.75. The molecule has 0 atom stereocenters. The van der Waals surface area contributed by atoms with Gasteiger partial charge in [-0.05, 0) is 18.6 Å². The maximum Gasteiger partial charge on any atom is 0.242 e. The molecule has 17 heavy (non-hydrogen) atoms. The molecule has 0 aliphatic carbocycles. The van der Waals surface area contributed by atoms with Crippen LogP contribution in [0.4, 0.5) is 5.69 Å². The van der Waals surface area contributed by atoms with Crippen molar-refractivity contribution in [3.63, 3.8) is 0 Å². The number of hydrogen-bond donors (Lipinski definition) is 0. The topological polar surface area (TPSA) is 46.6 Å². The number of anilines is 1. The van der Waals surface area contributed by atoms with Gasteiger partial charge in [-0.15, -0.1) is 11.6 Å². The molecule has 4 nitrogen and oxygen atoms in total. The molecule has 0 radical (unpaired) electrons. The van der Waals surface area contributed by atoms with Crippen molar-refractivity contribution in [2.45, 2.75) is 6.92 Å². The van der Waals surface area contributed by atoms with E-state index < -0.39 is 0 Å². The number of carbonyl (C=O) groups excluding carboxylic acids is 2. The van der Waals surface area contributed by atoms with Gasteiger partial charge in [0.15, 0.2) is 0 Å². The lowest BCUT2D eigenvalue weighted by atomic mass is 10.1. The van der Waals surface area contributed by atoms with Gasteiger partial charge in [-0.1, -0.05) is 12.1 Å². The largest absolute Gasteiger partial charge is 0.495 e. The molecule has 0 heterocycles. The average molecular weight is 256 g/mol. The molecule has 0 aromatic heterocycles. The molecule has 0 saturated heterocycles. The summed E-state index contributed by atoms with van der Waals surface area (Å²) in [4.78, 5) is 23.7. The third-order valence-corrected chi connectivity index (χ3v) is 2.59. The molecule has 0 N–H and O–H groups in total. The molecule has 5 heteroatoms. The molecule has 0 aliphatic heterocycles. The van der Waals surface area contributed by atoms with Crippen LogP contribution in [0.3, 0.4) is 0 Å². The molecule has 92 valence electrons. The molecule has 0 unspecified atom stereocenters. The molecular weight excluding hydrogens is 242 g/mol. The van der Waals surface area contributed by atoms with Gasteiger partial charge in [0, 0.05) is 0 Å². The molecule has 0 bridgehead atoms. The third kappa shape index (κ3) is 2.97. The van der Waals surface area contributed by atoms with E-state index in [0.717, 1.165) is 5.56 Å². The average Bonchev–Trinajstić information content (AvgIpc) is 2.35. The Morgan fingerprint density at radius 2 is 2.24 bits per heavy atom. The first-order valence-corrected chi connectivity index (χ1v) is 5.62. The van der Waals surface area contributed by atoms with Crippen molar-refractivity contribution in [3.05, 3.63) is 23.8 Å². The minimum Gasteiger partial charge on any atom is -0.495 e. The Hall–Kier alpha value is -1.55. The molecule has 0 fully saturated rings. The molecule has 1 rings (SSSR count). The zero-order chi connectivity index (χ0) is 12.8. The Kier molecular flexibility index (Phi) is 4.97. The van der Waals surface area contributed by atoms with Crippen molar-refractivity contribution in [3.8, 4) is 5.75 Å². The van der Waals surface area contributed by atoms with Crippen LogP contribution < -0.4 is 9.64 Å². The first kappa shape index (κ1) is 13.5. The van der Waals surface area contributed by atoms with Crippen LogP contribution in [0, 0.1) is 6.92 Å². The van der Waals surface area contributed by atoms with E-state index in [1.54, 1.807) is 6.07 Å². The number of aldehydes is 1. The second kappa shape index (κ2) is 6.25. The Labute approximate surface area is 105 Å². The second-order valence-electron chi connectivity index (χ2n) is 3.43. The van der Waals surface area contributed by atoms with Gasteiger partial charge in [-0.3, -0.25) is 4.79 Å². The lowest BCUT2D eigenvalue weighted by Crippen LogP contribution is -2.34. The normalized spacial score (nSPS) is 9.82. The highest BCUT2D eigenvalue weighted by molar-refractivity contribution is 6.29. The number of alkyl halides is 1. The number of aryl methyl sites for hydroxylation is 1. The van der Waals surface area contributed by atoms with Gasteiger partial charge < -0.3 is 14.4 Å². The molecule has 1 amide bonds. The Morgan fingerprint density at radius 1 is 1.53 bits per heavy atom. The Balaban J connectivity index is 3.25. The monoisotopic (exact) mass is 255 g/mol. The number of halogens is 1. The van der Waals surface area contributed by atoms with Crippen LogP contribution in [0.5, 0.6) is 5.75 Å². The van der Waals surface area contributed by atoms with Gasteiger partial charge in [0.25, 0.3) is 0 Å². The van der Waals surface area contributed by atoms with Gasteiger partial charge in [0.1, 0.15) is 17.9 Å². The zero-order valence-electron chi connectivity index (χ0n) is 9.77. The summed E-state index contributed by atoms with van der Waals surface area (Å²) in [6.45, 7) is 1.81. The van der Waals surface area contributed by atoms with Crippen molar-refractivity contribution in [2.24, 2.45) is 0 Å². The highest BCUT2D eigenvalue weighted by Gasteiger charge is 2.19. The van der Waals surface area contributed by atoms with Crippen LogP contribution >= 0.6 is 11.6 Å². The molecule has 0 saturated carbocycles. The first-order valence-electron chi connectivity index (χ1n) is 5.09. The summed E-state index contributed by atoms with van der Waals surface area (Å²) in [7, 11) is 1.52. The molecular formula is C12H14ClNO3. The number of benzene rings is 1. The molecule has 0 aliphatic rings. The summed E-state index contributed by atoms with van der Waals surface area (Å²) in [6.07, 6.45) is 0.663. The van der Waals surface area contributed by atoms with Gasteiger partial charge in [0.2, 0.25) is 5.91 Å². The first-order chi connectivity index (χ1) is 8.15. The van der Waals surface area contributed by atoms with Crippen molar-refractivity contribution in [2.75, 3.05) is 24.4 Å². The van der Waals surface area contributed by atoms with Crippen LogP contribution in [0.1, 0.15) is 5.56 Å².